The Labute approximate surface area is 146 Å². The molecule has 8 heteroatoms. The molecular weight excluding hydrogens is 332 g/mol. The quantitative estimate of drug-likeness (QED) is 0.713. The molecule has 0 unspecified atom stereocenters. The molecule has 0 atom stereocenters. The molecule has 1 aromatic carbocycles. The number of nitrogens with one attached hydrogen (secondary N) is 2. The average Bonchev–Trinajstić information content (AvgIpc) is 2.81. The number of nitrogens with zero attached hydrogens (tertiary/aromatic N) is 2. The van der Waals surface area contributed by atoms with Gasteiger partial charge >= 0.3 is 0 Å². The maximum atomic E-state index is 12.2. The second-order valence-corrected chi connectivity index (χ2v) is 5.68. The number of piperazine rings is 1. The molecule has 24 heavy (non-hydrogen) atoms. The summed E-state index contributed by atoms with van der Waals surface area (Å²) in [5, 5.41) is 6.05. The van der Waals surface area contributed by atoms with Crippen LogP contribution in [-0.2, 0) is 4.79 Å². The fourth-order valence-electron chi connectivity index (χ4n) is 2.87. The van der Waals surface area contributed by atoms with Gasteiger partial charge in [-0.2, -0.15) is 0 Å². The number of halogens is 1. The maximum absolute atomic E-state index is 12.2. The molecule has 1 fully saturated rings. The van der Waals surface area contributed by atoms with Crippen LogP contribution in [-0.4, -0.2) is 73.3 Å². The summed E-state index contributed by atoms with van der Waals surface area (Å²) in [5.74, 6) is -1.11. The second-order valence-electron chi connectivity index (χ2n) is 5.68. The topological polar surface area (TPSA) is 81.8 Å². The Kier molecular flexibility index (Phi) is 6.30. The molecule has 0 radical (unpaired) electrons. The van der Waals surface area contributed by atoms with Crippen LogP contribution in [0, 0.1) is 0 Å². The summed E-state index contributed by atoms with van der Waals surface area (Å²) in [6.07, 6.45) is 0. The molecule has 0 aromatic heterocycles. The summed E-state index contributed by atoms with van der Waals surface area (Å²) in [5.41, 5.74) is 0.734. The average molecular weight is 353 g/mol. The van der Waals surface area contributed by atoms with Gasteiger partial charge in [0.1, 0.15) is 6.54 Å². The molecule has 0 spiro atoms. The molecule has 0 bridgehead atoms. The van der Waals surface area contributed by atoms with Gasteiger partial charge in [-0.1, -0.05) is 12.1 Å². The Bertz CT molecular complexity index is 597. The minimum absolute atomic E-state index is 0. The van der Waals surface area contributed by atoms with Crippen molar-refractivity contribution in [2.45, 2.75) is 0 Å². The molecule has 3 rings (SSSR count). The van der Waals surface area contributed by atoms with E-state index >= 15 is 0 Å². The van der Waals surface area contributed by atoms with Crippen LogP contribution in [0.5, 0.6) is 0 Å². The van der Waals surface area contributed by atoms with Crippen LogP contribution >= 0.6 is 12.4 Å². The van der Waals surface area contributed by atoms with Crippen molar-refractivity contribution < 1.29 is 14.4 Å². The predicted molar refractivity (Wildman–Crippen MR) is 91.4 cm³/mol. The van der Waals surface area contributed by atoms with Gasteiger partial charge in [-0.3, -0.25) is 24.2 Å². The molecule has 130 valence electrons. The summed E-state index contributed by atoms with van der Waals surface area (Å²) >= 11 is 0. The van der Waals surface area contributed by atoms with E-state index < -0.39 is 11.8 Å². The standard InChI is InChI=1S/C16H20N4O3.ClH/c21-14(18-7-10-19-8-5-17-6-9-19)11-20-15(22)12-3-1-2-4-13(12)16(20)23;/h1-4,17H,5-11H2,(H,18,21);1H. The maximum Gasteiger partial charge on any atom is 0.262 e. The van der Waals surface area contributed by atoms with Crippen LogP contribution in [0.1, 0.15) is 20.7 Å². The van der Waals surface area contributed by atoms with E-state index in [0.717, 1.165) is 37.6 Å². The molecule has 2 aliphatic rings. The van der Waals surface area contributed by atoms with Gasteiger partial charge in [0.15, 0.2) is 0 Å². The minimum atomic E-state index is -0.400. The van der Waals surface area contributed by atoms with Crippen molar-refractivity contribution in [3.05, 3.63) is 35.4 Å². The molecule has 7 nitrogen and oxygen atoms in total. The van der Waals surface area contributed by atoms with Crippen LogP contribution in [0.2, 0.25) is 0 Å². The largest absolute Gasteiger partial charge is 0.353 e. The smallest absolute Gasteiger partial charge is 0.262 e. The lowest BCUT2D eigenvalue weighted by molar-refractivity contribution is -0.121. The highest BCUT2D eigenvalue weighted by Gasteiger charge is 2.36. The van der Waals surface area contributed by atoms with Crippen LogP contribution < -0.4 is 10.6 Å². The zero-order chi connectivity index (χ0) is 16.2. The van der Waals surface area contributed by atoms with Gasteiger partial charge in [0.2, 0.25) is 5.91 Å². The highest BCUT2D eigenvalue weighted by molar-refractivity contribution is 6.22. The zero-order valence-corrected chi connectivity index (χ0v) is 14.1. The van der Waals surface area contributed by atoms with Crippen molar-refractivity contribution in [2.75, 3.05) is 45.8 Å². The van der Waals surface area contributed by atoms with Crippen molar-refractivity contribution in [2.24, 2.45) is 0 Å². The summed E-state index contributed by atoms with van der Waals surface area (Å²) in [6, 6.07) is 6.64. The van der Waals surface area contributed by atoms with Gasteiger partial charge in [0, 0.05) is 39.3 Å². The van der Waals surface area contributed by atoms with E-state index in [4.69, 9.17) is 0 Å². The SMILES string of the molecule is Cl.O=C(CN1C(=O)c2ccccc2C1=O)NCCN1CCNCC1. The summed E-state index contributed by atoms with van der Waals surface area (Å²) in [4.78, 5) is 39.6. The van der Waals surface area contributed by atoms with Crippen molar-refractivity contribution in [1.82, 2.24) is 20.4 Å². The fraction of sp³-hybridized carbons (Fsp3) is 0.438. The van der Waals surface area contributed by atoms with Crippen LogP contribution in [0.15, 0.2) is 24.3 Å². The lowest BCUT2D eigenvalue weighted by atomic mass is 10.1. The Morgan fingerprint density at radius 3 is 2.25 bits per heavy atom. The van der Waals surface area contributed by atoms with Gasteiger partial charge < -0.3 is 10.6 Å². The van der Waals surface area contributed by atoms with E-state index in [0.29, 0.717) is 17.7 Å². The first-order valence-electron chi connectivity index (χ1n) is 7.82. The van der Waals surface area contributed by atoms with Gasteiger partial charge in [-0.05, 0) is 12.1 Å². The number of amides is 3. The van der Waals surface area contributed by atoms with Crippen LogP contribution in [0.3, 0.4) is 0 Å². The monoisotopic (exact) mass is 352 g/mol. The second kappa shape index (κ2) is 8.23. The van der Waals surface area contributed by atoms with E-state index in [1.807, 2.05) is 0 Å². The molecule has 2 heterocycles. The number of hydrogen-bond acceptors (Lipinski definition) is 5. The molecule has 0 aliphatic carbocycles. The lowest BCUT2D eigenvalue weighted by Gasteiger charge is -2.27. The number of rotatable bonds is 5. The Morgan fingerprint density at radius 1 is 1.08 bits per heavy atom. The highest BCUT2D eigenvalue weighted by atomic mass is 35.5. The van der Waals surface area contributed by atoms with Gasteiger partial charge in [-0.25, -0.2) is 0 Å². The van der Waals surface area contributed by atoms with E-state index in [1.54, 1.807) is 24.3 Å². The van der Waals surface area contributed by atoms with E-state index in [2.05, 4.69) is 15.5 Å². The molecule has 2 N–H and O–H groups in total. The highest BCUT2D eigenvalue weighted by Crippen LogP contribution is 2.21. The first kappa shape index (κ1) is 18.4. The van der Waals surface area contributed by atoms with Gasteiger partial charge in [0.05, 0.1) is 11.1 Å². The van der Waals surface area contributed by atoms with Gasteiger partial charge in [-0.15, -0.1) is 12.4 Å². The number of fused-ring (bicyclic) bond motifs is 1. The minimum Gasteiger partial charge on any atom is -0.353 e. The fourth-order valence-corrected chi connectivity index (χ4v) is 2.87. The molecular formula is C16H21ClN4O3. The first-order valence-corrected chi connectivity index (χ1v) is 7.82. The van der Waals surface area contributed by atoms with E-state index in [9.17, 15) is 14.4 Å². The number of carbonyl (C=O) groups excluding carboxylic acids is 3. The van der Waals surface area contributed by atoms with E-state index in [1.165, 1.54) is 0 Å². The third-order valence-corrected chi connectivity index (χ3v) is 4.14. The zero-order valence-electron chi connectivity index (χ0n) is 13.3. The van der Waals surface area contributed by atoms with Crippen molar-refractivity contribution in [1.29, 1.82) is 0 Å². The number of carbonyl (C=O) groups is 3. The van der Waals surface area contributed by atoms with Gasteiger partial charge in [0.25, 0.3) is 11.8 Å². The molecule has 1 aromatic rings. The summed E-state index contributed by atoms with van der Waals surface area (Å²) in [6.45, 7) is 4.92. The third kappa shape index (κ3) is 3.92. The molecule has 1 saturated heterocycles. The lowest BCUT2D eigenvalue weighted by Crippen LogP contribution is -2.47. The Hall–Kier alpha value is -1.96. The predicted octanol–water partition coefficient (Wildman–Crippen LogP) is -0.274. The third-order valence-electron chi connectivity index (χ3n) is 4.14. The number of hydrogen-bond donors (Lipinski definition) is 2. The number of imide groups is 1. The first-order chi connectivity index (χ1) is 11.2. The molecule has 0 saturated carbocycles. The Morgan fingerprint density at radius 2 is 1.67 bits per heavy atom. The Balaban J connectivity index is 0.00000208. The normalized spacial score (nSPS) is 17.4. The van der Waals surface area contributed by atoms with Crippen LogP contribution in [0.4, 0.5) is 0 Å². The van der Waals surface area contributed by atoms with E-state index in [-0.39, 0.29) is 24.9 Å². The molecule has 2 aliphatic heterocycles. The number of benzene rings is 1. The van der Waals surface area contributed by atoms with Crippen molar-refractivity contribution in [3.8, 4) is 0 Å². The molecule has 3 amide bonds. The van der Waals surface area contributed by atoms with Crippen molar-refractivity contribution >= 4 is 30.1 Å². The van der Waals surface area contributed by atoms with Crippen molar-refractivity contribution in [3.63, 3.8) is 0 Å². The summed E-state index contributed by atoms with van der Waals surface area (Å²) in [7, 11) is 0. The van der Waals surface area contributed by atoms with Crippen LogP contribution in [0.25, 0.3) is 0 Å². The summed E-state index contributed by atoms with van der Waals surface area (Å²) < 4.78 is 0.